The number of benzene rings is 1. The molecule has 1 aliphatic rings. The van der Waals surface area contributed by atoms with Crippen LogP contribution in [0.25, 0.3) is 0 Å². The maximum atomic E-state index is 11.8. The van der Waals surface area contributed by atoms with Crippen LogP contribution in [0.15, 0.2) is 12.1 Å². The number of hydrogen-bond donors (Lipinski definition) is 4. The molecule has 0 saturated carbocycles. The minimum absolute atomic E-state index is 0. The molecule has 0 spiro atoms. The normalized spacial score (nSPS) is 20.9. The van der Waals surface area contributed by atoms with Gasteiger partial charge in [0.2, 0.25) is 5.91 Å². The van der Waals surface area contributed by atoms with Crippen molar-refractivity contribution in [3.8, 4) is 0 Å². The van der Waals surface area contributed by atoms with Gasteiger partial charge in [-0.2, -0.15) is 0 Å². The second kappa shape index (κ2) is 7.37. The Hall–Kier alpha value is -1.21. The fraction of sp³-hybridized carbons (Fsp3) is 0.385. The lowest BCUT2D eigenvalue weighted by Gasteiger charge is -2.32. The summed E-state index contributed by atoms with van der Waals surface area (Å²) in [6.45, 7) is 1.55. The molecule has 0 saturated heterocycles. The molecule has 0 fully saturated rings. The number of nitrogens with two attached hydrogens (primary N) is 1. The van der Waals surface area contributed by atoms with Crippen molar-refractivity contribution in [1.82, 2.24) is 5.32 Å². The highest BCUT2D eigenvalue weighted by molar-refractivity contribution is 6.35. The lowest BCUT2D eigenvalue weighted by molar-refractivity contribution is -0.138. The molecule has 0 aliphatic carbocycles. The SMILES string of the molecule is CC(N)C(=O)NC1CC(C(=O)O)Nc2cc(Cl)cc(Cl)c21.Cl. The summed E-state index contributed by atoms with van der Waals surface area (Å²) in [5.41, 5.74) is 6.65. The molecule has 1 aromatic rings. The zero-order valence-electron chi connectivity index (χ0n) is 11.6. The number of fused-ring (bicyclic) bond motifs is 1. The van der Waals surface area contributed by atoms with Gasteiger partial charge in [-0.3, -0.25) is 4.79 Å². The van der Waals surface area contributed by atoms with Gasteiger partial charge in [-0.25, -0.2) is 4.79 Å². The zero-order chi connectivity index (χ0) is 15.7. The maximum absolute atomic E-state index is 11.8. The molecule has 0 aromatic heterocycles. The van der Waals surface area contributed by atoms with Crippen molar-refractivity contribution in [3.63, 3.8) is 0 Å². The average molecular weight is 369 g/mol. The third-order valence-electron chi connectivity index (χ3n) is 3.27. The van der Waals surface area contributed by atoms with Crippen LogP contribution in [0.1, 0.15) is 24.9 Å². The Morgan fingerprint density at radius 3 is 2.64 bits per heavy atom. The molecule has 0 radical (unpaired) electrons. The molecule has 1 heterocycles. The molecule has 5 N–H and O–H groups in total. The van der Waals surface area contributed by atoms with Crippen molar-refractivity contribution in [2.45, 2.75) is 31.5 Å². The van der Waals surface area contributed by atoms with Crippen molar-refractivity contribution in [3.05, 3.63) is 27.7 Å². The minimum Gasteiger partial charge on any atom is -0.480 e. The Morgan fingerprint density at radius 2 is 2.09 bits per heavy atom. The van der Waals surface area contributed by atoms with Gasteiger partial charge in [-0.15, -0.1) is 12.4 Å². The van der Waals surface area contributed by atoms with E-state index in [0.29, 0.717) is 21.3 Å². The van der Waals surface area contributed by atoms with E-state index in [1.165, 1.54) is 0 Å². The summed E-state index contributed by atoms with van der Waals surface area (Å²) in [4.78, 5) is 23.0. The number of halogens is 3. The predicted octanol–water partition coefficient (Wildman–Crippen LogP) is 2.19. The minimum atomic E-state index is -1.02. The van der Waals surface area contributed by atoms with Gasteiger partial charge in [0.05, 0.1) is 12.1 Å². The van der Waals surface area contributed by atoms with Gasteiger partial charge in [-0.05, 0) is 19.1 Å². The second-order valence-electron chi connectivity index (χ2n) is 4.97. The number of hydrogen-bond acceptors (Lipinski definition) is 4. The van der Waals surface area contributed by atoms with Crippen molar-refractivity contribution in [2.24, 2.45) is 5.73 Å². The third kappa shape index (κ3) is 3.95. The van der Waals surface area contributed by atoms with Crippen LogP contribution < -0.4 is 16.4 Å². The largest absolute Gasteiger partial charge is 0.480 e. The molecular formula is C13H16Cl3N3O3. The van der Waals surface area contributed by atoms with Gasteiger partial charge >= 0.3 is 5.97 Å². The van der Waals surface area contributed by atoms with E-state index in [4.69, 9.17) is 28.9 Å². The summed E-state index contributed by atoms with van der Waals surface area (Å²) in [7, 11) is 0. The highest BCUT2D eigenvalue weighted by Gasteiger charge is 2.33. The molecule has 0 bridgehead atoms. The van der Waals surface area contributed by atoms with Crippen molar-refractivity contribution in [1.29, 1.82) is 0 Å². The highest BCUT2D eigenvalue weighted by Crippen LogP contribution is 2.39. The molecular weight excluding hydrogens is 353 g/mol. The lowest BCUT2D eigenvalue weighted by Crippen LogP contribution is -2.45. The molecule has 9 heteroatoms. The molecule has 122 valence electrons. The van der Waals surface area contributed by atoms with E-state index in [0.717, 1.165) is 0 Å². The number of nitrogens with one attached hydrogen (secondary N) is 2. The number of anilines is 1. The van der Waals surface area contributed by atoms with Crippen molar-refractivity contribution < 1.29 is 14.7 Å². The molecule has 1 aliphatic heterocycles. The first kappa shape index (κ1) is 18.8. The summed E-state index contributed by atoms with van der Waals surface area (Å²) in [6.07, 6.45) is 0.169. The standard InChI is InChI=1S/C13H15Cl2N3O3.ClH/c1-5(16)12(19)18-9-4-10(13(20)21)17-8-3-6(14)2-7(15)11(8)9;/h2-3,5,9-10,17H,4,16H2,1H3,(H,18,19)(H,20,21);1H. The first-order chi connectivity index (χ1) is 9.79. The van der Waals surface area contributed by atoms with Gasteiger partial charge in [0.1, 0.15) is 6.04 Å². The Kier molecular flexibility index (Phi) is 6.31. The fourth-order valence-electron chi connectivity index (χ4n) is 2.26. The molecule has 1 aromatic carbocycles. The molecule has 6 nitrogen and oxygen atoms in total. The molecule has 22 heavy (non-hydrogen) atoms. The average Bonchev–Trinajstić information content (AvgIpc) is 2.36. The van der Waals surface area contributed by atoms with Crippen LogP contribution in [-0.2, 0) is 9.59 Å². The van der Waals surface area contributed by atoms with Crippen LogP contribution in [0, 0.1) is 0 Å². The van der Waals surface area contributed by atoms with Crippen molar-refractivity contribution >= 4 is 53.2 Å². The van der Waals surface area contributed by atoms with Crippen LogP contribution in [-0.4, -0.2) is 29.1 Å². The molecule has 1 amide bonds. The quantitative estimate of drug-likeness (QED) is 0.654. The lowest BCUT2D eigenvalue weighted by atomic mass is 9.92. The number of amides is 1. The molecule has 3 atom stereocenters. The monoisotopic (exact) mass is 367 g/mol. The number of carboxylic acids is 1. The van der Waals surface area contributed by atoms with E-state index < -0.39 is 24.1 Å². The van der Waals surface area contributed by atoms with E-state index in [2.05, 4.69) is 10.6 Å². The number of carbonyl (C=O) groups is 2. The van der Waals surface area contributed by atoms with Crippen molar-refractivity contribution in [2.75, 3.05) is 5.32 Å². The Labute approximate surface area is 143 Å². The predicted molar refractivity (Wildman–Crippen MR) is 87.9 cm³/mol. The zero-order valence-corrected chi connectivity index (χ0v) is 13.9. The second-order valence-corrected chi connectivity index (χ2v) is 5.81. The maximum Gasteiger partial charge on any atom is 0.326 e. The first-order valence-corrected chi connectivity index (χ1v) is 7.09. The van der Waals surface area contributed by atoms with E-state index in [1.807, 2.05) is 0 Å². The Bertz CT molecular complexity index is 595. The summed E-state index contributed by atoms with van der Waals surface area (Å²) >= 11 is 12.1. The van der Waals surface area contributed by atoms with Crippen LogP contribution in [0.4, 0.5) is 5.69 Å². The van der Waals surface area contributed by atoms with E-state index in [1.54, 1.807) is 19.1 Å². The number of aliphatic carboxylic acids is 1. The Morgan fingerprint density at radius 1 is 1.45 bits per heavy atom. The van der Waals surface area contributed by atoms with Gasteiger partial charge < -0.3 is 21.5 Å². The van der Waals surface area contributed by atoms with Gasteiger partial charge in [0, 0.05) is 27.7 Å². The van der Waals surface area contributed by atoms with E-state index >= 15 is 0 Å². The number of rotatable bonds is 3. The summed E-state index contributed by atoms with van der Waals surface area (Å²) in [5, 5.41) is 15.5. The van der Waals surface area contributed by atoms with Crippen LogP contribution >= 0.6 is 35.6 Å². The molecule has 2 rings (SSSR count). The highest BCUT2D eigenvalue weighted by atomic mass is 35.5. The van der Waals surface area contributed by atoms with E-state index in [9.17, 15) is 14.7 Å². The number of carboxylic acid groups (broad SMARTS) is 1. The van der Waals surface area contributed by atoms with E-state index in [-0.39, 0.29) is 24.7 Å². The van der Waals surface area contributed by atoms with Gasteiger partial charge in [0.15, 0.2) is 0 Å². The summed E-state index contributed by atoms with van der Waals surface area (Å²) < 4.78 is 0. The van der Waals surface area contributed by atoms with Crippen LogP contribution in [0.2, 0.25) is 10.0 Å². The third-order valence-corrected chi connectivity index (χ3v) is 3.80. The topological polar surface area (TPSA) is 104 Å². The Balaban J connectivity index is 0.00000242. The van der Waals surface area contributed by atoms with Crippen LogP contribution in [0.5, 0.6) is 0 Å². The smallest absolute Gasteiger partial charge is 0.326 e. The fourth-order valence-corrected chi connectivity index (χ4v) is 2.88. The summed E-state index contributed by atoms with van der Waals surface area (Å²) in [5.74, 6) is -1.39. The first-order valence-electron chi connectivity index (χ1n) is 6.34. The van der Waals surface area contributed by atoms with Gasteiger partial charge in [-0.1, -0.05) is 23.2 Å². The van der Waals surface area contributed by atoms with Gasteiger partial charge in [0.25, 0.3) is 0 Å². The summed E-state index contributed by atoms with van der Waals surface area (Å²) in [6, 6.07) is 1.06. The van der Waals surface area contributed by atoms with Crippen LogP contribution in [0.3, 0.4) is 0 Å². The number of carbonyl (C=O) groups excluding carboxylic acids is 1. The molecule has 3 unspecified atom stereocenters.